The standard InChI is InChI=1S/C10H10N2O2S/c1-7-2-3-11-6-8(7)10(9(13)14)12-4-5-15-10/h2-6,12H,1H3,(H,13,14). The summed E-state index contributed by atoms with van der Waals surface area (Å²) in [6.45, 7) is 1.88. The number of thioether (sulfide) groups is 1. The SMILES string of the molecule is Cc1ccncc1C1(C(=O)O)NC=CS1. The second-order valence-corrected chi connectivity index (χ2v) is 4.36. The number of hydrogen-bond donors (Lipinski definition) is 2. The molecule has 15 heavy (non-hydrogen) atoms. The van der Waals surface area contributed by atoms with Crippen LogP contribution < -0.4 is 5.32 Å². The smallest absolute Gasteiger partial charge is 0.345 e. The Balaban J connectivity index is 2.51. The highest BCUT2D eigenvalue weighted by molar-refractivity contribution is 8.03. The maximum atomic E-state index is 11.3. The third-order valence-electron chi connectivity index (χ3n) is 2.32. The summed E-state index contributed by atoms with van der Waals surface area (Å²) in [6, 6.07) is 1.81. The van der Waals surface area contributed by atoms with Crippen molar-refractivity contribution in [2.45, 2.75) is 11.8 Å². The molecule has 1 atom stereocenters. The Bertz CT molecular complexity index is 423. The summed E-state index contributed by atoms with van der Waals surface area (Å²) >= 11 is 1.23. The topological polar surface area (TPSA) is 62.2 Å². The van der Waals surface area contributed by atoms with Crippen molar-refractivity contribution in [3.8, 4) is 0 Å². The third-order valence-corrected chi connectivity index (χ3v) is 3.46. The molecule has 0 spiro atoms. The Morgan fingerprint density at radius 1 is 1.67 bits per heavy atom. The molecule has 1 aliphatic heterocycles. The molecule has 0 radical (unpaired) electrons. The fourth-order valence-corrected chi connectivity index (χ4v) is 2.44. The van der Waals surface area contributed by atoms with Gasteiger partial charge in [0.05, 0.1) is 0 Å². The molecule has 0 bridgehead atoms. The molecule has 2 heterocycles. The predicted octanol–water partition coefficient (Wildman–Crippen LogP) is 1.44. The molecule has 1 aliphatic rings. The lowest BCUT2D eigenvalue weighted by Gasteiger charge is -2.25. The van der Waals surface area contributed by atoms with E-state index in [9.17, 15) is 9.90 Å². The highest BCUT2D eigenvalue weighted by atomic mass is 32.2. The third kappa shape index (κ3) is 1.48. The number of carbonyl (C=O) groups is 1. The molecule has 0 aliphatic carbocycles. The highest BCUT2D eigenvalue weighted by Crippen LogP contribution is 2.39. The molecular weight excluding hydrogens is 212 g/mol. The monoisotopic (exact) mass is 222 g/mol. The van der Waals surface area contributed by atoms with Gasteiger partial charge in [0.25, 0.3) is 0 Å². The van der Waals surface area contributed by atoms with Crippen LogP contribution in [0.3, 0.4) is 0 Å². The van der Waals surface area contributed by atoms with Gasteiger partial charge in [-0.2, -0.15) is 0 Å². The Kier molecular flexibility index (Phi) is 2.40. The van der Waals surface area contributed by atoms with Crippen molar-refractivity contribution in [1.29, 1.82) is 0 Å². The van der Waals surface area contributed by atoms with Gasteiger partial charge in [-0.15, -0.1) is 0 Å². The van der Waals surface area contributed by atoms with E-state index in [1.165, 1.54) is 11.8 Å². The number of nitrogens with one attached hydrogen (secondary N) is 1. The van der Waals surface area contributed by atoms with Crippen LogP contribution in [0.4, 0.5) is 0 Å². The first-order valence-corrected chi connectivity index (χ1v) is 5.30. The Morgan fingerprint density at radius 3 is 3.00 bits per heavy atom. The normalized spacial score (nSPS) is 23.8. The van der Waals surface area contributed by atoms with E-state index < -0.39 is 10.8 Å². The maximum absolute atomic E-state index is 11.3. The minimum Gasteiger partial charge on any atom is -0.479 e. The first-order valence-electron chi connectivity index (χ1n) is 4.42. The van der Waals surface area contributed by atoms with Gasteiger partial charge in [0.15, 0.2) is 0 Å². The number of carboxylic acids is 1. The summed E-state index contributed by atoms with van der Waals surface area (Å²) in [5.74, 6) is -0.909. The van der Waals surface area contributed by atoms with Crippen LogP contribution in [0.2, 0.25) is 0 Å². The van der Waals surface area contributed by atoms with Crippen molar-refractivity contribution in [2.75, 3.05) is 0 Å². The van der Waals surface area contributed by atoms with E-state index in [0.717, 1.165) is 5.56 Å². The van der Waals surface area contributed by atoms with E-state index in [1.54, 1.807) is 30.1 Å². The summed E-state index contributed by atoms with van der Waals surface area (Å²) in [7, 11) is 0. The molecule has 0 fully saturated rings. The summed E-state index contributed by atoms with van der Waals surface area (Å²) in [4.78, 5) is 14.2. The quantitative estimate of drug-likeness (QED) is 0.792. The van der Waals surface area contributed by atoms with E-state index >= 15 is 0 Å². The lowest BCUT2D eigenvalue weighted by atomic mass is 10.0. The van der Waals surface area contributed by atoms with Crippen LogP contribution in [0.5, 0.6) is 0 Å². The molecule has 2 rings (SSSR count). The Morgan fingerprint density at radius 2 is 2.47 bits per heavy atom. The van der Waals surface area contributed by atoms with Gasteiger partial charge in [-0.1, -0.05) is 11.8 Å². The van der Waals surface area contributed by atoms with Gasteiger partial charge in [0.2, 0.25) is 4.87 Å². The van der Waals surface area contributed by atoms with Gasteiger partial charge in [0.1, 0.15) is 0 Å². The lowest BCUT2D eigenvalue weighted by molar-refractivity contribution is -0.140. The second kappa shape index (κ2) is 3.58. The number of aliphatic carboxylic acids is 1. The molecule has 2 N–H and O–H groups in total. The molecule has 0 saturated carbocycles. The number of aryl methyl sites for hydroxylation is 1. The molecule has 1 aromatic heterocycles. The molecule has 4 nitrogen and oxygen atoms in total. The van der Waals surface area contributed by atoms with Crippen LogP contribution in [-0.2, 0) is 9.67 Å². The molecule has 5 heteroatoms. The largest absolute Gasteiger partial charge is 0.479 e. The average molecular weight is 222 g/mol. The van der Waals surface area contributed by atoms with E-state index in [0.29, 0.717) is 5.56 Å². The molecule has 1 aromatic rings. The maximum Gasteiger partial charge on any atom is 0.345 e. The van der Waals surface area contributed by atoms with Crippen molar-refractivity contribution in [1.82, 2.24) is 10.3 Å². The number of rotatable bonds is 2. The van der Waals surface area contributed by atoms with Gasteiger partial charge < -0.3 is 10.4 Å². The van der Waals surface area contributed by atoms with Crippen LogP contribution in [0.15, 0.2) is 30.1 Å². The summed E-state index contributed by atoms with van der Waals surface area (Å²) in [6.07, 6.45) is 4.89. The first kappa shape index (κ1) is 10.0. The summed E-state index contributed by atoms with van der Waals surface area (Å²) in [5.41, 5.74) is 1.60. The van der Waals surface area contributed by atoms with Gasteiger partial charge >= 0.3 is 5.97 Å². The van der Waals surface area contributed by atoms with Crippen molar-refractivity contribution >= 4 is 17.7 Å². The number of hydrogen-bond acceptors (Lipinski definition) is 4. The van der Waals surface area contributed by atoms with Crippen molar-refractivity contribution < 1.29 is 9.90 Å². The minimum absolute atomic E-state index is 0.688. The van der Waals surface area contributed by atoms with E-state index in [-0.39, 0.29) is 0 Å². The van der Waals surface area contributed by atoms with Crippen LogP contribution in [-0.4, -0.2) is 16.1 Å². The average Bonchev–Trinajstić information content (AvgIpc) is 2.68. The zero-order valence-corrected chi connectivity index (χ0v) is 8.91. The van der Waals surface area contributed by atoms with Crippen LogP contribution in [0.1, 0.15) is 11.1 Å². The number of pyridine rings is 1. The number of nitrogens with zero attached hydrogens (tertiary/aromatic N) is 1. The van der Waals surface area contributed by atoms with Crippen LogP contribution in [0.25, 0.3) is 0 Å². The van der Waals surface area contributed by atoms with Crippen LogP contribution in [0, 0.1) is 6.92 Å². The van der Waals surface area contributed by atoms with Crippen molar-refractivity contribution in [3.63, 3.8) is 0 Å². The van der Waals surface area contributed by atoms with Crippen LogP contribution >= 0.6 is 11.8 Å². The Hall–Kier alpha value is -1.49. The van der Waals surface area contributed by atoms with Gasteiger partial charge in [-0.3, -0.25) is 4.98 Å². The fraction of sp³-hybridized carbons (Fsp3) is 0.200. The molecule has 1 unspecified atom stereocenters. The predicted molar refractivity (Wildman–Crippen MR) is 58.2 cm³/mol. The zero-order valence-electron chi connectivity index (χ0n) is 8.10. The molecule has 78 valence electrons. The zero-order chi connectivity index (χ0) is 10.9. The van der Waals surface area contributed by atoms with E-state index in [2.05, 4.69) is 10.3 Å². The lowest BCUT2D eigenvalue weighted by Crippen LogP contribution is -2.41. The van der Waals surface area contributed by atoms with E-state index in [1.807, 2.05) is 6.92 Å². The minimum atomic E-state index is -1.11. The van der Waals surface area contributed by atoms with Gasteiger partial charge in [0, 0.05) is 24.2 Å². The molecular formula is C10H10N2O2S. The first-order chi connectivity index (χ1) is 7.17. The number of aromatic nitrogens is 1. The molecule has 0 saturated heterocycles. The second-order valence-electron chi connectivity index (χ2n) is 3.24. The van der Waals surface area contributed by atoms with Crippen molar-refractivity contribution in [2.24, 2.45) is 0 Å². The molecule has 0 amide bonds. The fourth-order valence-electron chi connectivity index (χ4n) is 1.52. The number of carboxylic acid groups (broad SMARTS) is 1. The van der Waals surface area contributed by atoms with Crippen molar-refractivity contribution in [3.05, 3.63) is 41.2 Å². The molecule has 0 aromatic carbocycles. The van der Waals surface area contributed by atoms with Gasteiger partial charge in [-0.25, -0.2) is 4.79 Å². The highest BCUT2D eigenvalue weighted by Gasteiger charge is 2.43. The van der Waals surface area contributed by atoms with E-state index in [4.69, 9.17) is 0 Å². The van der Waals surface area contributed by atoms with Gasteiger partial charge in [-0.05, 0) is 24.0 Å². The Labute approximate surface area is 91.4 Å². The summed E-state index contributed by atoms with van der Waals surface area (Å²) < 4.78 is 0. The summed E-state index contributed by atoms with van der Waals surface area (Å²) in [5, 5.41) is 13.9.